The topological polar surface area (TPSA) is 26.3 Å². The van der Waals surface area contributed by atoms with E-state index in [9.17, 15) is 4.79 Å². The lowest BCUT2D eigenvalue weighted by Gasteiger charge is -2.09. The van der Waals surface area contributed by atoms with Crippen LogP contribution < -0.4 is 4.74 Å². The summed E-state index contributed by atoms with van der Waals surface area (Å²) in [5.41, 5.74) is 2.33. The molecule has 0 spiro atoms. The van der Waals surface area contributed by atoms with Crippen molar-refractivity contribution < 1.29 is 9.53 Å². The number of ketones is 1. The van der Waals surface area contributed by atoms with E-state index in [2.05, 4.69) is 6.07 Å². The Morgan fingerprint density at radius 2 is 2.25 bits per heavy atom. The van der Waals surface area contributed by atoms with Gasteiger partial charge in [0.15, 0.2) is 11.9 Å². The van der Waals surface area contributed by atoms with Crippen molar-refractivity contribution in [3.63, 3.8) is 0 Å². The predicted molar refractivity (Wildman–Crippen MR) is 61.6 cm³/mol. The highest BCUT2D eigenvalue weighted by Gasteiger charge is 2.33. The number of Topliss-reactive ketones (excluding diaryl/α,β-unsaturated/α-hetero) is 1. The van der Waals surface area contributed by atoms with Crippen LogP contribution in [0.1, 0.15) is 30.4 Å². The summed E-state index contributed by atoms with van der Waals surface area (Å²) in [5.74, 6) is 1.88. The van der Waals surface area contributed by atoms with E-state index in [1.54, 1.807) is 0 Å². The monoisotopic (exact) mass is 216 g/mol. The minimum Gasteiger partial charge on any atom is -0.482 e. The van der Waals surface area contributed by atoms with Crippen LogP contribution in [-0.2, 0) is 11.2 Å². The smallest absolute Gasteiger partial charge is 0.173 e. The first-order chi connectivity index (χ1) is 7.74. The van der Waals surface area contributed by atoms with Gasteiger partial charge in [0, 0.05) is 12.8 Å². The molecule has 0 amide bonds. The molecule has 2 heteroatoms. The fraction of sp³-hybridized carbons (Fsp3) is 0.500. The highest BCUT2D eigenvalue weighted by Crippen LogP contribution is 2.36. The van der Waals surface area contributed by atoms with Crippen LogP contribution in [-0.4, -0.2) is 11.9 Å². The Morgan fingerprint density at radius 1 is 1.44 bits per heavy atom. The van der Waals surface area contributed by atoms with Gasteiger partial charge in [0.05, 0.1) is 0 Å². The molecule has 1 aliphatic carbocycles. The zero-order chi connectivity index (χ0) is 11.1. The van der Waals surface area contributed by atoms with Crippen molar-refractivity contribution in [1.82, 2.24) is 0 Å². The molecule has 1 saturated carbocycles. The summed E-state index contributed by atoms with van der Waals surface area (Å²) in [6.45, 7) is 2.03. The molecule has 2 nitrogen and oxygen atoms in total. The Labute approximate surface area is 95.6 Å². The average Bonchev–Trinajstić information content (AvgIpc) is 2.95. The van der Waals surface area contributed by atoms with Gasteiger partial charge in [0.2, 0.25) is 0 Å². The fourth-order valence-corrected chi connectivity index (χ4v) is 2.34. The van der Waals surface area contributed by atoms with Crippen molar-refractivity contribution in [2.75, 3.05) is 0 Å². The lowest BCUT2D eigenvalue weighted by atomic mass is 10.0. The third-order valence-corrected chi connectivity index (χ3v) is 3.50. The second-order valence-corrected chi connectivity index (χ2v) is 4.99. The van der Waals surface area contributed by atoms with E-state index in [0.29, 0.717) is 5.92 Å². The Bertz CT molecular complexity index is 432. The first-order valence-electron chi connectivity index (χ1n) is 6.02. The van der Waals surface area contributed by atoms with Gasteiger partial charge in [-0.2, -0.15) is 0 Å². The highest BCUT2D eigenvalue weighted by molar-refractivity contribution is 5.85. The molecule has 1 atom stereocenters. The number of hydrogen-bond acceptors (Lipinski definition) is 2. The number of carbonyl (C=O) groups is 1. The van der Waals surface area contributed by atoms with Gasteiger partial charge in [-0.1, -0.05) is 18.2 Å². The molecule has 0 aromatic heterocycles. The molecule has 1 unspecified atom stereocenters. The molecule has 0 N–H and O–H groups in total. The van der Waals surface area contributed by atoms with Crippen molar-refractivity contribution in [2.24, 2.45) is 5.92 Å². The van der Waals surface area contributed by atoms with Gasteiger partial charge in [-0.15, -0.1) is 0 Å². The Morgan fingerprint density at radius 3 is 2.94 bits per heavy atom. The first kappa shape index (κ1) is 9.88. The molecular weight excluding hydrogens is 200 g/mol. The molecule has 2 aliphatic rings. The number of carbonyl (C=O) groups excluding carboxylic acids is 1. The number of ether oxygens (including phenoxy) is 1. The van der Waals surface area contributed by atoms with Gasteiger partial charge in [-0.3, -0.25) is 4.79 Å². The summed E-state index contributed by atoms with van der Waals surface area (Å²) >= 11 is 0. The van der Waals surface area contributed by atoms with Gasteiger partial charge >= 0.3 is 0 Å². The summed E-state index contributed by atoms with van der Waals surface area (Å²) in [4.78, 5) is 12.0. The molecule has 84 valence electrons. The molecule has 3 rings (SSSR count). The van der Waals surface area contributed by atoms with Gasteiger partial charge in [0.25, 0.3) is 0 Å². The van der Waals surface area contributed by atoms with Crippen molar-refractivity contribution in [1.29, 1.82) is 0 Å². The van der Waals surface area contributed by atoms with Crippen LogP contribution >= 0.6 is 0 Å². The number of benzene rings is 1. The van der Waals surface area contributed by atoms with Crippen molar-refractivity contribution in [3.8, 4) is 5.75 Å². The summed E-state index contributed by atoms with van der Waals surface area (Å²) in [5, 5.41) is 0. The molecule has 1 aromatic carbocycles. The zero-order valence-corrected chi connectivity index (χ0v) is 9.53. The van der Waals surface area contributed by atoms with Crippen LogP contribution in [0, 0.1) is 12.8 Å². The van der Waals surface area contributed by atoms with Crippen LogP contribution in [0.25, 0.3) is 0 Å². The zero-order valence-electron chi connectivity index (χ0n) is 9.53. The van der Waals surface area contributed by atoms with Crippen LogP contribution in [0.4, 0.5) is 0 Å². The number of rotatable bonds is 3. The maximum atomic E-state index is 12.0. The third kappa shape index (κ3) is 1.73. The summed E-state index contributed by atoms with van der Waals surface area (Å²) in [7, 11) is 0. The van der Waals surface area contributed by atoms with Gasteiger partial charge in [-0.05, 0) is 36.8 Å². The van der Waals surface area contributed by atoms with Crippen LogP contribution in [0.2, 0.25) is 0 Å². The van der Waals surface area contributed by atoms with E-state index in [4.69, 9.17) is 4.74 Å². The average molecular weight is 216 g/mol. The normalized spacial score (nSPS) is 22.7. The summed E-state index contributed by atoms with van der Waals surface area (Å²) in [6, 6.07) is 6.13. The van der Waals surface area contributed by atoms with Crippen LogP contribution in [0.5, 0.6) is 5.75 Å². The number of hydrogen-bond donors (Lipinski definition) is 0. The van der Waals surface area contributed by atoms with Crippen molar-refractivity contribution in [2.45, 2.75) is 38.7 Å². The second-order valence-electron chi connectivity index (χ2n) is 4.99. The minimum absolute atomic E-state index is 0.211. The van der Waals surface area contributed by atoms with Crippen LogP contribution in [0.15, 0.2) is 18.2 Å². The molecule has 0 radical (unpaired) electrons. The van der Waals surface area contributed by atoms with E-state index in [-0.39, 0.29) is 11.9 Å². The van der Waals surface area contributed by atoms with Gasteiger partial charge in [-0.25, -0.2) is 0 Å². The molecule has 0 saturated heterocycles. The lowest BCUT2D eigenvalue weighted by molar-refractivity contribution is -0.125. The van der Waals surface area contributed by atoms with E-state index in [1.807, 2.05) is 19.1 Å². The second kappa shape index (κ2) is 3.62. The summed E-state index contributed by atoms with van der Waals surface area (Å²) < 4.78 is 5.78. The van der Waals surface area contributed by atoms with E-state index < -0.39 is 0 Å². The Kier molecular flexibility index (Phi) is 2.23. The maximum absolute atomic E-state index is 12.0. The van der Waals surface area contributed by atoms with E-state index in [0.717, 1.165) is 24.2 Å². The molecule has 1 aliphatic heterocycles. The third-order valence-electron chi connectivity index (χ3n) is 3.50. The SMILES string of the molecule is Cc1cccc2c1OC(C(=O)CC1CC1)C2. The van der Waals surface area contributed by atoms with E-state index in [1.165, 1.54) is 18.4 Å². The highest BCUT2D eigenvalue weighted by atomic mass is 16.5. The minimum atomic E-state index is -0.211. The van der Waals surface area contributed by atoms with Crippen molar-refractivity contribution >= 4 is 5.78 Å². The van der Waals surface area contributed by atoms with E-state index >= 15 is 0 Å². The fourth-order valence-electron chi connectivity index (χ4n) is 2.34. The largest absolute Gasteiger partial charge is 0.482 e. The van der Waals surface area contributed by atoms with Gasteiger partial charge < -0.3 is 4.74 Å². The van der Waals surface area contributed by atoms with Gasteiger partial charge in [0.1, 0.15) is 5.75 Å². The number of para-hydroxylation sites is 1. The molecule has 1 heterocycles. The Hall–Kier alpha value is -1.31. The predicted octanol–water partition coefficient (Wildman–Crippen LogP) is 2.67. The maximum Gasteiger partial charge on any atom is 0.173 e. The summed E-state index contributed by atoms with van der Waals surface area (Å²) in [6.07, 6.45) is 3.73. The van der Waals surface area contributed by atoms with Crippen LogP contribution in [0.3, 0.4) is 0 Å². The first-order valence-corrected chi connectivity index (χ1v) is 6.02. The molecule has 0 bridgehead atoms. The standard InChI is InChI=1S/C14H16O2/c1-9-3-2-4-11-8-13(16-14(9)11)12(15)7-10-5-6-10/h2-4,10,13H,5-8H2,1H3. The number of fused-ring (bicyclic) bond motifs is 1. The number of aryl methyl sites for hydroxylation is 1. The molecule has 16 heavy (non-hydrogen) atoms. The molecule has 1 aromatic rings. The lowest BCUT2D eigenvalue weighted by Crippen LogP contribution is -2.25. The molecular formula is C14H16O2. The molecule has 1 fully saturated rings. The van der Waals surface area contributed by atoms with Crippen molar-refractivity contribution in [3.05, 3.63) is 29.3 Å². The quantitative estimate of drug-likeness (QED) is 0.776. The Balaban J connectivity index is 1.74.